The third-order valence-electron chi connectivity index (χ3n) is 6.91. The highest BCUT2D eigenvalue weighted by Crippen LogP contribution is 2.25. The summed E-state index contributed by atoms with van der Waals surface area (Å²) in [6, 6.07) is 8.07. The van der Waals surface area contributed by atoms with Crippen molar-refractivity contribution in [3.05, 3.63) is 24.3 Å². The Labute approximate surface area is 208 Å². The molecule has 1 saturated carbocycles. The van der Waals surface area contributed by atoms with E-state index < -0.39 is 12.8 Å². The summed E-state index contributed by atoms with van der Waals surface area (Å²) < 4.78 is 18.3. The van der Waals surface area contributed by atoms with Crippen molar-refractivity contribution >= 4 is 23.5 Å². The number of hydrogen-bond acceptors (Lipinski definition) is 8. The Morgan fingerprint density at radius 1 is 1.00 bits per heavy atom. The molecule has 0 amide bonds. The molecule has 2 fully saturated rings. The fourth-order valence-electron chi connectivity index (χ4n) is 4.92. The van der Waals surface area contributed by atoms with Crippen molar-refractivity contribution in [2.24, 2.45) is 5.92 Å². The summed E-state index contributed by atoms with van der Waals surface area (Å²) in [5, 5.41) is 13.9. The molecule has 2 aliphatic rings. The minimum atomic E-state index is -0.521. The van der Waals surface area contributed by atoms with Crippen LogP contribution in [0, 0.1) is 5.92 Å². The van der Waals surface area contributed by atoms with Crippen LogP contribution in [0.5, 0.6) is 5.75 Å². The predicted octanol–water partition coefficient (Wildman–Crippen LogP) is 5.29. The first-order chi connectivity index (χ1) is 17.1. The van der Waals surface area contributed by atoms with Crippen LogP contribution in [-0.2, 0) is 0 Å². The fraction of sp³-hybridized carbons (Fsp3) is 0.654. The molecule has 4 N–H and O–H groups in total. The Hall–Kier alpha value is -2.68. The number of nitrogens with one attached hydrogen (secondary N) is 4. The predicted molar refractivity (Wildman–Crippen MR) is 139 cm³/mol. The fourth-order valence-corrected chi connectivity index (χ4v) is 4.92. The quantitative estimate of drug-likeness (QED) is 0.322. The summed E-state index contributed by atoms with van der Waals surface area (Å²) in [7, 11) is 0. The van der Waals surface area contributed by atoms with Gasteiger partial charge in [-0.2, -0.15) is 15.0 Å². The molecule has 1 aromatic heterocycles. The Kier molecular flexibility index (Phi) is 9.34. The average molecular weight is 486 g/mol. The minimum Gasteiger partial charge on any atom is -0.488 e. The van der Waals surface area contributed by atoms with E-state index in [1.807, 2.05) is 24.3 Å². The van der Waals surface area contributed by atoms with Gasteiger partial charge in [0.1, 0.15) is 18.5 Å². The highest BCUT2D eigenvalue weighted by atomic mass is 19.1. The van der Waals surface area contributed by atoms with E-state index in [0.717, 1.165) is 31.6 Å². The van der Waals surface area contributed by atoms with Gasteiger partial charge in [0.25, 0.3) is 0 Å². The number of ether oxygens (including phenoxy) is 1. The van der Waals surface area contributed by atoms with Gasteiger partial charge in [-0.3, -0.25) is 0 Å². The Balaban J connectivity index is 1.48. The van der Waals surface area contributed by atoms with Crippen LogP contribution in [0.1, 0.15) is 65.2 Å². The number of anilines is 4. The molecule has 1 aliphatic heterocycles. The van der Waals surface area contributed by atoms with E-state index in [1.165, 1.54) is 38.5 Å². The molecule has 1 aromatic carbocycles. The van der Waals surface area contributed by atoms with Crippen molar-refractivity contribution in [1.29, 1.82) is 0 Å². The van der Waals surface area contributed by atoms with Gasteiger partial charge in [0.15, 0.2) is 0 Å². The lowest BCUT2D eigenvalue weighted by Crippen LogP contribution is -2.40. The molecule has 2 heterocycles. The number of nitrogens with zero attached hydrogens (tertiary/aromatic N) is 3. The van der Waals surface area contributed by atoms with E-state index in [4.69, 9.17) is 9.72 Å². The number of rotatable bonds is 12. The molecule has 9 heteroatoms. The smallest absolute Gasteiger partial charge is 0.233 e. The molecule has 1 aliphatic carbocycles. The second-order valence-electron chi connectivity index (χ2n) is 9.79. The highest BCUT2D eigenvalue weighted by Gasteiger charge is 2.24. The molecule has 8 nitrogen and oxygen atoms in total. The van der Waals surface area contributed by atoms with Crippen molar-refractivity contribution in [2.75, 3.05) is 35.7 Å². The third kappa shape index (κ3) is 7.65. The van der Waals surface area contributed by atoms with E-state index >= 15 is 0 Å². The van der Waals surface area contributed by atoms with Crippen LogP contribution >= 0.6 is 0 Å². The first-order valence-electron chi connectivity index (χ1n) is 13.2. The zero-order valence-electron chi connectivity index (χ0n) is 21.0. The van der Waals surface area contributed by atoms with E-state index in [1.54, 1.807) is 6.92 Å². The monoisotopic (exact) mass is 485 g/mol. The lowest BCUT2D eigenvalue weighted by atomic mass is 9.89. The van der Waals surface area contributed by atoms with Crippen LogP contribution in [0.2, 0.25) is 0 Å². The van der Waals surface area contributed by atoms with Crippen LogP contribution in [0.15, 0.2) is 24.3 Å². The second-order valence-corrected chi connectivity index (χ2v) is 9.79. The summed E-state index contributed by atoms with van der Waals surface area (Å²) in [5.41, 5.74) is 0.824. The standard InChI is InChI=1S/C26H40FN7O/c1-3-22(23-10-7-15-28-23)31-26-33-24(29-17-19-8-5-4-6-9-19)32-25(34-26)30-20-11-13-21(14-12-20)35-18(2)16-27/h11-14,18-19,22-23,28H,3-10,15-17H2,1-2H3,(H3,29,30,31,32,33,34). The Morgan fingerprint density at radius 3 is 2.43 bits per heavy atom. The van der Waals surface area contributed by atoms with Crippen molar-refractivity contribution < 1.29 is 9.13 Å². The Morgan fingerprint density at radius 2 is 1.74 bits per heavy atom. The van der Waals surface area contributed by atoms with Crippen molar-refractivity contribution in [3.8, 4) is 5.75 Å². The van der Waals surface area contributed by atoms with Crippen molar-refractivity contribution in [2.45, 2.75) is 83.4 Å². The molecule has 2 aromatic rings. The first kappa shape index (κ1) is 25.4. The Bertz CT molecular complexity index is 901. The molecule has 1 saturated heterocycles. The van der Waals surface area contributed by atoms with Gasteiger partial charge in [0.2, 0.25) is 17.8 Å². The summed E-state index contributed by atoms with van der Waals surface area (Å²) in [4.78, 5) is 14.0. The molecule has 192 valence electrons. The van der Waals surface area contributed by atoms with Crippen molar-refractivity contribution in [1.82, 2.24) is 20.3 Å². The van der Waals surface area contributed by atoms with Gasteiger partial charge >= 0.3 is 0 Å². The molecule has 35 heavy (non-hydrogen) atoms. The van der Waals surface area contributed by atoms with Gasteiger partial charge in [0, 0.05) is 24.3 Å². The molecular formula is C26H40FN7O. The number of halogens is 1. The summed E-state index contributed by atoms with van der Waals surface area (Å²) in [6.07, 6.45) is 9.34. The second kappa shape index (κ2) is 12.9. The summed E-state index contributed by atoms with van der Waals surface area (Å²) in [5.74, 6) is 2.93. The van der Waals surface area contributed by atoms with E-state index in [-0.39, 0.29) is 6.04 Å². The minimum absolute atomic E-state index is 0.257. The van der Waals surface area contributed by atoms with Crippen LogP contribution in [0.4, 0.5) is 27.9 Å². The molecular weight excluding hydrogens is 445 g/mol. The normalized spacial score (nSPS) is 20.3. The molecule has 3 atom stereocenters. The van der Waals surface area contributed by atoms with Crippen LogP contribution in [0.3, 0.4) is 0 Å². The molecule has 3 unspecified atom stereocenters. The number of alkyl halides is 1. The van der Waals surface area contributed by atoms with E-state index in [9.17, 15) is 4.39 Å². The van der Waals surface area contributed by atoms with Gasteiger partial charge in [-0.1, -0.05) is 26.2 Å². The van der Waals surface area contributed by atoms with Gasteiger partial charge in [-0.15, -0.1) is 0 Å². The SMILES string of the molecule is CCC(Nc1nc(NCC2CCCCC2)nc(Nc2ccc(OC(C)CF)cc2)n1)C1CCCN1. The molecule has 4 rings (SSSR count). The third-order valence-corrected chi connectivity index (χ3v) is 6.91. The molecule has 0 spiro atoms. The largest absolute Gasteiger partial charge is 0.488 e. The molecule has 0 radical (unpaired) electrons. The maximum Gasteiger partial charge on any atom is 0.233 e. The first-order valence-corrected chi connectivity index (χ1v) is 13.2. The van der Waals surface area contributed by atoms with Gasteiger partial charge < -0.3 is 26.0 Å². The zero-order valence-corrected chi connectivity index (χ0v) is 21.0. The van der Waals surface area contributed by atoms with Crippen LogP contribution in [-0.4, -0.2) is 52.9 Å². The van der Waals surface area contributed by atoms with Crippen LogP contribution in [0.25, 0.3) is 0 Å². The van der Waals surface area contributed by atoms with Gasteiger partial charge in [0.05, 0.1) is 0 Å². The number of aromatic nitrogens is 3. The lowest BCUT2D eigenvalue weighted by Gasteiger charge is -2.24. The van der Waals surface area contributed by atoms with Gasteiger partial charge in [-0.25, -0.2) is 4.39 Å². The topological polar surface area (TPSA) is 96.0 Å². The zero-order chi connectivity index (χ0) is 24.5. The van der Waals surface area contributed by atoms with Crippen LogP contribution < -0.4 is 26.0 Å². The highest BCUT2D eigenvalue weighted by molar-refractivity contribution is 5.56. The van der Waals surface area contributed by atoms with Crippen molar-refractivity contribution in [3.63, 3.8) is 0 Å². The average Bonchev–Trinajstić information content (AvgIpc) is 3.42. The maximum absolute atomic E-state index is 12.7. The van der Waals surface area contributed by atoms with Gasteiger partial charge in [-0.05, 0) is 75.8 Å². The summed E-state index contributed by atoms with van der Waals surface area (Å²) in [6.45, 7) is 5.31. The lowest BCUT2D eigenvalue weighted by molar-refractivity contribution is 0.182. The van der Waals surface area contributed by atoms with E-state index in [0.29, 0.717) is 35.6 Å². The van der Waals surface area contributed by atoms with E-state index in [2.05, 4.69) is 38.2 Å². The maximum atomic E-state index is 12.7. The number of hydrogen-bond donors (Lipinski definition) is 4. The number of benzene rings is 1. The summed E-state index contributed by atoms with van der Waals surface area (Å²) >= 11 is 0. The molecule has 0 bridgehead atoms.